The quantitative estimate of drug-likeness (QED) is 0.788. The lowest BCUT2D eigenvalue weighted by atomic mass is 10.1. The number of hydrogen-bond donors (Lipinski definition) is 1. The molecule has 1 N–H and O–H groups in total. The summed E-state index contributed by atoms with van der Waals surface area (Å²) in [5, 5.41) is 2.77. The van der Waals surface area contributed by atoms with E-state index in [9.17, 15) is 22.4 Å². The van der Waals surface area contributed by atoms with E-state index in [1.54, 1.807) is 0 Å². The zero-order valence-corrected chi connectivity index (χ0v) is 13.2. The third-order valence-electron chi connectivity index (χ3n) is 3.42. The molecular weight excluding hydrogens is 346 g/mol. The van der Waals surface area contributed by atoms with Crippen LogP contribution in [-0.2, 0) is 23.8 Å². The molecule has 7 heteroatoms. The first-order valence-electron chi connectivity index (χ1n) is 7.13. The fourth-order valence-electron chi connectivity index (χ4n) is 2.13. The molecule has 0 radical (unpaired) electrons. The Morgan fingerprint density at radius 3 is 2.33 bits per heavy atom. The molecule has 0 bridgehead atoms. The number of carbonyl (C=O) groups is 1. The zero-order valence-electron chi connectivity index (χ0n) is 12.5. The maximum atomic E-state index is 13.6. The number of amides is 1. The van der Waals surface area contributed by atoms with Crippen molar-refractivity contribution in [2.24, 2.45) is 0 Å². The lowest BCUT2D eigenvalue weighted by Gasteiger charge is -2.09. The van der Waals surface area contributed by atoms with Crippen LogP contribution in [0.1, 0.15) is 16.7 Å². The Hall–Kier alpha value is -2.08. The normalized spacial score (nSPS) is 11.4. The highest BCUT2D eigenvalue weighted by molar-refractivity contribution is 6.31. The maximum absolute atomic E-state index is 13.6. The van der Waals surface area contributed by atoms with Gasteiger partial charge in [-0.15, -0.1) is 0 Å². The lowest BCUT2D eigenvalue weighted by Crippen LogP contribution is -2.27. The lowest BCUT2D eigenvalue weighted by molar-refractivity contribution is -0.137. The highest BCUT2D eigenvalue weighted by Gasteiger charge is 2.29. The third kappa shape index (κ3) is 4.96. The van der Waals surface area contributed by atoms with Crippen molar-refractivity contribution in [1.29, 1.82) is 0 Å². The molecule has 24 heavy (non-hydrogen) atoms. The average molecular weight is 360 g/mol. The van der Waals surface area contributed by atoms with Crippen LogP contribution in [-0.4, -0.2) is 12.5 Å². The molecule has 0 saturated heterocycles. The van der Waals surface area contributed by atoms with Gasteiger partial charge in [0.15, 0.2) is 0 Å². The van der Waals surface area contributed by atoms with Crippen LogP contribution in [0.2, 0.25) is 5.02 Å². The van der Waals surface area contributed by atoms with Crippen LogP contribution in [0, 0.1) is 5.82 Å². The summed E-state index contributed by atoms with van der Waals surface area (Å²) in [5.41, 5.74) is 0.0582. The topological polar surface area (TPSA) is 29.1 Å². The molecule has 0 aliphatic heterocycles. The van der Waals surface area contributed by atoms with Gasteiger partial charge in [0.2, 0.25) is 5.91 Å². The predicted molar refractivity (Wildman–Crippen MR) is 83.3 cm³/mol. The fraction of sp³-hybridized carbons (Fsp3) is 0.235. The summed E-state index contributed by atoms with van der Waals surface area (Å²) < 4.78 is 50.9. The SMILES string of the molecule is O=C(Cc1c(F)cccc1Cl)NCCc1ccc(C(F)(F)F)cc1. The smallest absolute Gasteiger partial charge is 0.355 e. The van der Waals surface area contributed by atoms with Crippen molar-refractivity contribution in [3.63, 3.8) is 0 Å². The molecule has 2 nitrogen and oxygen atoms in total. The number of carbonyl (C=O) groups excluding carboxylic acids is 1. The first kappa shape index (κ1) is 18.3. The van der Waals surface area contributed by atoms with Gasteiger partial charge < -0.3 is 5.32 Å². The molecule has 0 aliphatic carbocycles. The Morgan fingerprint density at radius 1 is 1.08 bits per heavy atom. The van der Waals surface area contributed by atoms with Crippen LogP contribution in [0.5, 0.6) is 0 Å². The summed E-state index contributed by atoms with van der Waals surface area (Å²) >= 11 is 5.84. The average Bonchev–Trinajstić information content (AvgIpc) is 2.51. The van der Waals surface area contributed by atoms with E-state index in [4.69, 9.17) is 11.6 Å². The molecule has 0 fully saturated rings. The Morgan fingerprint density at radius 2 is 1.75 bits per heavy atom. The van der Waals surface area contributed by atoms with Gasteiger partial charge in [-0.3, -0.25) is 4.79 Å². The molecule has 1 amide bonds. The number of rotatable bonds is 5. The van der Waals surface area contributed by atoms with Crippen molar-refractivity contribution in [2.45, 2.75) is 19.0 Å². The highest BCUT2D eigenvalue weighted by Crippen LogP contribution is 2.29. The zero-order chi connectivity index (χ0) is 17.7. The molecule has 2 aromatic rings. The van der Waals surface area contributed by atoms with Gasteiger partial charge in [-0.2, -0.15) is 13.2 Å². The minimum atomic E-state index is -4.37. The summed E-state index contributed by atoms with van der Waals surface area (Å²) in [4.78, 5) is 11.8. The van der Waals surface area contributed by atoms with Gasteiger partial charge in [0.25, 0.3) is 0 Å². The van der Waals surface area contributed by atoms with Gasteiger partial charge in [-0.05, 0) is 36.2 Å². The van der Waals surface area contributed by atoms with Crippen LogP contribution in [0.15, 0.2) is 42.5 Å². The van der Waals surface area contributed by atoms with Gasteiger partial charge in [0.1, 0.15) is 5.82 Å². The van der Waals surface area contributed by atoms with E-state index < -0.39 is 23.5 Å². The molecule has 128 valence electrons. The predicted octanol–water partition coefficient (Wildman–Crippen LogP) is 4.40. The van der Waals surface area contributed by atoms with E-state index in [0.717, 1.165) is 12.1 Å². The Balaban J connectivity index is 1.85. The number of nitrogens with one attached hydrogen (secondary N) is 1. The minimum Gasteiger partial charge on any atom is -0.355 e. The van der Waals surface area contributed by atoms with E-state index in [0.29, 0.717) is 12.0 Å². The molecule has 0 saturated carbocycles. The second-order valence-corrected chi connectivity index (χ2v) is 5.58. The fourth-order valence-corrected chi connectivity index (χ4v) is 2.36. The first-order chi connectivity index (χ1) is 11.3. The van der Waals surface area contributed by atoms with Gasteiger partial charge in [0.05, 0.1) is 12.0 Å². The van der Waals surface area contributed by atoms with Gasteiger partial charge in [-0.1, -0.05) is 29.8 Å². The third-order valence-corrected chi connectivity index (χ3v) is 3.77. The number of benzene rings is 2. The van der Waals surface area contributed by atoms with Crippen molar-refractivity contribution >= 4 is 17.5 Å². The molecule has 0 spiro atoms. The van der Waals surface area contributed by atoms with Crippen LogP contribution in [0.4, 0.5) is 17.6 Å². The van der Waals surface area contributed by atoms with Crippen LogP contribution in [0.3, 0.4) is 0 Å². The standard InChI is InChI=1S/C17H14ClF4NO/c18-14-2-1-3-15(19)13(14)10-16(24)23-9-8-11-4-6-12(7-5-11)17(20,21)22/h1-7H,8-10H2,(H,23,24). The molecule has 0 atom stereocenters. The van der Waals surface area contributed by atoms with E-state index >= 15 is 0 Å². The summed E-state index contributed by atoms with van der Waals surface area (Å²) in [6.07, 6.45) is -4.20. The number of alkyl halides is 3. The van der Waals surface area contributed by atoms with Crippen molar-refractivity contribution in [1.82, 2.24) is 5.32 Å². The number of hydrogen-bond acceptors (Lipinski definition) is 1. The second-order valence-electron chi connectivity index (χ2n) is 5.17. The van der Waals surface area contributed by atoms with Crippen LogP contribution < -0.4 is 5.32 Å². The van der Waals surface area contributed by atoms with E-state index in [1.807, 2.05) is 0 Å². The van der Waals surface area contributed by atoms with Crippen molar-refractivity contribution in [3.05, 3.63) is 70.0 Å². The molecule has 0 aliphatic rings. The maximum Gasteiger partial charge on any atom is 0.416 e. The van der Waals surface area contributed by atoms with E-state index in [2.05, 4.69) is 5.32 Å². The molecule has 0 aromatic heterocycles. The van der Waals surface area contributed by atoms with E-state index in [-0.39, 0.29) is 23.6 Å². The van der Waals surface area contributed by atoms with Gasteiger partial charge >= 0.3 is 6.18 Å². The number of halogens is 5. The Labute approximate surface area is 141 Å². The Kier molecular flexibility index (Phi) is 5.83. The molecule has 2 rings (SSSR count). The monoisotopic (exact) mass is 359 g/mol. The summed E-state index contributed by atoms with van der Waals surface area (Å²) in [6, 6.07) is 8.88. The largest absolute Gasteiger partial charge is 0.416 e. The molecule has 2 aromatic carbocycles. The highest BCUT2D eigenvalue weighted by atomic mass is 35.5. The second kappa shape index (κ2) is 7.66. The molecular formula is C17H14ClF4NO. The van der Waals surface area contributed by atoms with Crippen molar-refractivity contribution in [2.75, 3.05) is 6.54 Å². The van der Waals surface area contributed by atoms with Gasteiger partial charge in [0, 0.05) is 17.1 Å². The van der Waals surface area contributed by atoms with Crippen molar-refractivity contribution < 1.29 is 22.4 Å². The molecule has 0 heterocycles. The van der Waals surface area contributed by atoms with Crippen molar-refractivity contribution in [3.8, 4) is 0 Å². The van der Waals surface area contributed by atoms with E-state index in [1.165, 1.54) is 30.3 Å². The molecule has 0 unspecified atom stereocenters. The first-order valence-corrected chi connectivity index (χ1v) is 7.51. The minimum absolute atomic E-state index is 0.117. The summed E-state index contributed by atoms with van der Waals surface area (Å²) in [7, 11) is 0. The summed E-state index contributed by atoms with van der Waals surface area (Å²) in [5.74, 6) is -0.964. The van der Waals surface area contributed by atoms with Gasteiger partial charge in [-0.25, -0.2) is 4.39 Å². The summed E-state index contributed by atoms with van der Waals surface area (Å²) in [6.45, 7) is 0.232. The van der Waals surface area contributed by atoms with Crippen LogP contribution >= 0.6 is 11.6 Å². The Bertz CT molecular complexity index is 693. The van der Waals surface area contributed by atoms with Crippen LogP contribution in [0.25, 0.3) is 0 Å².